The second-order valence-electron chi connectivity index (χ2n) is 3.60. The molecule has 1 heterocycles. The fourth-order valence-electron chi connectivity index (χ4n) is 1.65. The number of rotatable bonds is 3. The van der Waals surface area contributed by atoms with E-state index in [9.17, 15) is 19.7 Å². The van der Waals surface area contributed by atoms with Crippen molar-refractivity contribution in [3.63, 3.8) is 0 Å². The van der Waals surface area contributed by atoms with Crippen LogP contribution in [0.15, 0.2) is 33.5 Å². The summed E-state index contributed by atoms with van der Waals surface area (Å²) in [5, 5.41) is 10.7. The number of hydrogen-bond acceptors (Lipinski definition) is 6. The molecule has 0 aliphatic heterocycles. The molecule has 0 aliphatic rings. The smallest absolute Gasteiger partial charge is 0.374 e. The first kappa shape index (κ1) is 12.7. The Morgan fingerprint density at radius 3 is 2.84 bits per heavy atom. The van der Waals surface area contributed by atoms with E-state index >= 15 is 0 Å². The Morgan fingerprint density at radius 1 is 1.47 bits per heavy atom. The summed E-state index contributed by atoms with van der Waals surface area (Å²) in [5.74, 6) is -1.06. The van der Waals surface area contributed by atoms with Crippen molar-refractivity contribution < 1.29 is 18.9 Å². The summed E-state index contributed by atoms with van der Waals surface area (Å²) in [7, 11) is 0. The molecule has 0 radical (unpaired) electrons. The molecular weight excluding hydrogens is 254 g/mol. The summed E-state index contributed by atoms with van der Waals surface area (Å²) in [6, 6.07) is 4.85. The fraction of sp³-hybridized carbons (Fsp3) is 0.167. The minimum atomic E-state index is -0.784. The van der Waals surface area contributed by atoms with Gasteiger partial charge in [-0.05, 0) is 13.0 Å². The second kappa shape index (κ2) is 4.89. The van der Waals surface area contributed by atoms with Crippen molar-refractivity contribution in [2.45, 2.75) is 6.92 Å². The first-order chi connectivity index (χ1) is 9.04. The minimum absolute atomic E-state index is 0.0234. The maximum atomic E-state index is 11.9. The number of nitro groups is 1. The number of nitrogens with zero attached hydrogens (tertiary/aromatic N) is 1. The van der Waals surface area contributed by atoms with E-state index in [1.165, 1.54) is 18.2 Å². The maximum Gasteiger partial charge on any atom is 0.374 e. The van der Waals surface area contributed by atoms with Crippen LogP contribution in [0.1, 0.15) is 17.5 Å². The van der Waals surface area contributed by atoms with Gasteiger partial charge in [0.15, 0.2) is 0 Å². The van der Waals surface area contributed by atoms with Crippen LogP contribution < -0.4 is 5.43 Å². The maximum absolute atomic E-state index is 11.9. The molecule has 98 valence electrons. The zero-order chi connectivity index (χ0) is 14.0. The third kappa shape index (κ3) is 2.30. The van der Waals surface area contributed by atoms with E-state index in [0.717, 1.165) is 6.07 Å². The lowest BCUT2D eigenvalue weighted by molar-refractivity contribution is -0.383. The van der Waals surface area contributed by atoms with Crippen molar-refractivity contribution >= 4 is 22.6 Å². The number of carbonyl (C=O) groups is 1. The van der Waals surface area contributed by atoms with Crippen LogP contribution in [0.3, 0.4) is 0 Å². The highest BCUT2D eigenvalue weighted by Crippen LogP contribution is 2.23. The number of hydrogen-bond donors (Lipinski definition) is 0. The molecule has 0 N–H and O–H groups in total. The van der Waals surface area contributed by atoms with Crippen molar-refractivity contribution in [1.29, 1.82) is 0 Å². The number of nitro benzene ring substituents is 1. The van der Waals surface area contributed by atoms with Gasteiger partial charge in [0.25, 0.3) is 5.69 Å². The van der Waals surface area contributed by atoms with Crippen molar-refractivity contribution in [1.82, 2.24) is 0 Å². The number of esters is 1. The first-order valence-electron chi connectivity index (χ1n) is 5.43. The molecule has 2 rings (SSSR count). The highest BCUT2D eigenvalue weighted by atomic mass is 16.6. The SMILES string of the molecule is CCOC(=O)c1cc(=O)c2c([N+](=O)[O-])cccc2o1. The molecule has 7 nitrogen and oxygen atoms in total. The molecular formula is C12H9NO6. The van der Waals surface area contributed by atoms with E-state index in [1.54, 1.807) is 6.92 Å². The minimum Gasteiger partial charge on any atom is -0.460 e. The predicted octanol–water partition coefficient (Wildman–Crippen LogP) is 1.88. The van der Waals surface area contributed by atoms with E-state index in [0.29, 0.717) is 0 Å². The summed E-state index contributed by atoms with van der Waals surface area (Å²) in [6.07, 6.45) is 0. The second-order valence-corrected chi connectivity index (χ2v) is 3.60. The van der Waals surface area contributed by atoms with Gasteiger partial charge in [-0.2, -0.15) is 0 Å². The van der Waals surface area contributed by atoms with Crippen molar-refractivity contribution in [2.24, 2.45) is 0 Å². The molecule has 1 aromatic heterocycles. The largest absolute Gasteiger partial charge is 0.460 e. The van der Waals surface area contributed by atoms with Gasteiger partial charge in [-0.3, -0.25) is 14.9 Å². The Kier molecular flexibility index (Phi) is 3.28. The summed E-state index contributed by atoms with van der Waals surface area (Å²) < 4.78 is 9.87. The van der Waals surface area contributed by atoms with Gasteiger partial charge < -0.3 is 9.15 Å². The Morgan fingerprint density at radius 2 is 2.21 bits per heavy atom. The molecule has 0 saturated carbocycles. The summed E-state index contributed by atoms with van der Waals surface area (Å²) >= 11 is 0. The number of benzene rings is 1. The van der Waals surface area contributed by atoms with Crippen LogP contribution in [0.2, 0.25) is 0 Å². The monoisotopic (exact) mass is 263 g/mol. The predicted molar refractivity (Wildman–Crippen MR) is 65.1 cm³/mol. The Balaban J connectivity index is 2.70. The van der Waals surface area contributed by atoms with Crippen molar-refractivity contribution in [3.05, 3.63) is 50.4 Å². The van der Waals surface area contributed by atoms with E-state index in [-0.39, 0.29) is 29.0 Å². The number of ether oxygens (including phenoxy) is 1. The van der Waals surface area contributed by atoms with Crippen LogP contribution in [0.4, 0.5) is 5.69 Å². The van der Waals surface area contributed by atoms with Crippen LogP contribution >= 0.6 is 0 Å². The van der Waals surface area contributed by atoms with Crippen molar-refractivity contribution in [3.8, 4) is 0 Å². The normalized spacial score (nSPS) is 10.4. The topological polar surface area (TPSA) is 99.7 Å². The summed E-state index contributed by atoms with van der Waals surface area (Å²) in [5.41, 5.74) is -1.04. The molecule has 0 spiro atoms. The van der Waals surface area contributed by atoms with Crippen LogP contribution in [0.5, 0.6) is 0 Å². The Labute approximate surface area is 106 Å². The van der Waals surface area contributed by atoms with Crippen LogP contribution in [-0.2, 0) is 4.74 Å². The molecule has 0 unspecified atom stereocenters. The summed E-state index contributed by atoms with van der Waals surface area (Å²) in [6.45, 7) is 1.75. The number of carbonyl (C=O) groups excluding carboxylic acids is 1. The number of fused-ring (bicyclic) bond motifs is 1. The quantitative estimate of drug-likeness (QED) is 0.476. The fourth-order valence-corrected chi connectivity index (χ4v) is 1.65. The Bertz CT molecular complexity index is 718. The molecule has 0 bridgehead atoms. The molecule has 2 aromatic rings. The lowest BCUT2D eigenvalue weighted by Crippen LogP contribution is -2.11. The van der Waals surface area contributed by atoms with Gasteiger partial charge in [0.2, 0.25) is 11.2 Å². The van der Waals surface area contributed by atoms with Gasteiger partial charge in [-0.15, -0.1) is 0 Å². The molecule has 0 aliphatic carbocycles. The lowest BCUT2D eigenvalue weighted by atomic mass is 10.2. The van der Waals surface area contributed by atoms with E-state index in [2.05, 4.69) is 0 Å². The van der Waals surface area contributed by atoms with Gasteiger partial charge >= 0.3 is 5.97 Å². The van der Waals surface area contributed by atoms with Gasteiger partial charge in [0, 0.05) is 12.1 Å². The zero-order valence-corrected chi connectivity index (χ0v) is 9.91. The third-order valence-electron chi connectivity index (χ3n) is 2.41. The van der Waals surface area contributed by atoms with Gasteiger partial charge in [0.05, 0.1) is 11.5 Å². The average molecular weight is 263 g/mol. The highest BCUT2D eigenvalue weighted by molar-refractivity contribution is 5.91. The molecule has 0 fully saturated rings. The standard InChI is InChI=1S/C12H9NO6/c1-2-18-12(15)10-6-8(14)11-7(13(16)17)4-3-5-9(11)19-10/h3-6H,2H2,1H3. The van der Waals surface area contributed by atoms with Crippen LogP contribution in [0.25, 0.3) is 11.0 Å². The van der Waals surface area contributed by atoms with E-state index in [1.807, 2.05) is 0 Å². The number of non-ortho nitro benzene ring substituents is 1. The molecule has 0 atom stereocenters. The van der Waals surface area contributed by atoms with Crippen molar-refractivity contribution in [2.75, 3.05) is 6.61 Å². The first-order valence-corrected chi connectivity index (χ1v) is 5.43. The van der Waals surface area contributed by atoms with Gasteiger partial charge in [-0.1, -0.05) is 6.07 Å². The molecule has 1 aromatic carbocycles. The van der Waals surface area contributed by atoms with E-state index in [4.69, 9.17) is 9.15 Å². The highest BCUT2D eigenvalue weighted by Gasteiger charge is 2.19. The molecule has 19 heavy (non-hydrogen) atoms. The van der Waals surface area contributed by atoms with E-state index < -0.39 is 16.3 Å². The molecule has 0 saturated heterocycles. The van der Waals surface area contributed by atoms with Crippen LogP contribution in [-0.4, -0.2) is 17.5 Å². The average Bonchev–Trinajstić information content (AvgIpc) is 2.38. The van der Waals surface area contributed by atoms with Gasteiger partial charge in [0.1, 0.15) is 11.0 Å². The summed E-state index contributed by atoms with van der Waals surface area (Å²) in [4.78, 5) is 33.5. The van der Waals surface area contributed by atoms with Gasteiger partial charge in [-0.25, -0.2) is 4.79 Å². The lowest BCUT2D eigenvalue weighted by Gasteiger charge is -2.02. The molecule has 0 amide bonds. The molecule has 7 heteroatoms. The third-order valence-corrected chi connectivity index (χ3v) is 2.41. The zero-order valence-electron chi connectivity index (χ0n) is 9.91. The van der Waals surface area contributed by atoms with Crippen LogP contribution in [0, 0.1) is 10.1 Å². The Hall–Kier alpha value is -2.70.